The van der Waals surface area contributed by atoms with Crippen molar-refractivity contribution in [2.45, 2.75) is 45.8 Å². The van der Waals surface area contributed by atoms with Gasteiger partial charge in [-0.05, 0) is 74.7 Å². The van der Waals surface area contributed by atoms with Gasteiger partial charge in [0.2, 0.25) is 0 Å². The van der Waals surface area contributed by atoms with E-state index in [1.54, 1.807) is 6.07 Å². The van der Waals surface area contributed by atoms with Crippen molar-refractivity contribution in [3.8, 4) is 39.1 Å². The zero-order valence-corrected chi connectivity index (χ0v) is 22.2. The molecule has 0 amide bonds. The Kier molecular flexibility index (Phi) is 6.88. The Hall–Kier alpha value is -1.92. The Labute approximate surface area is 217 Å². The zero-order valence-electron chi connectivity index (χ0n) is 18.7. The summed E-state index contributed by atoms with van der Waals surface area (Å²) in [6, 6.07) is 24.2. The summed E-state index contributed by atoms with van der Waals surface area (Å²) < 4.78 is 0. The van der Waals surface area contributed by atoms with Crippen LogP contribution in [0.15, 0.2) is 92.4 Å². The van der Waals surface area contributed by atoms with Crippen LogP contribution in [0.3, 0.4) is 0 Å². The second-order valence-corrected chi connectivity index (χ2v) is 11.1. The van der Waals surface area contributed by atoms with Crippen LogP contribution in [0.2, 0.25) is 0 Å². The van der Waals surface area contributed by atoms with Crippen LogP contribution in [-0.4, -0.2) is 5.11 Å². The maximum atomic E-state index is 9.75. The van der Waals surface area contributed by atoms with Crippen molar-refractivity contribution < 1.29 is 5.11 Å². The summed E-state index contributed by atoms with van der Waals surface area (Å²) in [5.41, 5.74) is 7.54. The molecule has 0 bridgehead atoms. The number of aromatic hydroxyl groups is 1. The van der Waals surface area contributed by atoms with Gasteiger partial charge >= 0.3 is 0 Å². The summed E-state index contributed by atoms with van der Waals surface area (Å²) in [5.74, 6) is 0.164. The summed E-state index contributed by atoms with van der Waals surface area (Å²) in [6.45, 7) is 6.61. The highest BCUT2D eigenvalue weighted by molar-refractivity contribution is 7.81. The normalized spacial score (nSPS) is 11.6. The molecule has 0 aliphatic heterocycles. The molecule has 33 heavy (non-hydrogen) atoms. The largest absolute Gasteiger partial charge is 0.507 e. The highest BCUT2D eigenvalue weighted by atomic mass is 32.1. The third kappa shape index (κ3) is 5.12. The van der Waals surface area contributed by atoms with Crippen LogP contribution < -0.4 is 0 Å². The molecule has 0 heterocycles. The van der Waals surface area contributed by atoms with Crippen molar-refractivity contribution in [2.75, 3.05) is 0 Å². The van der Waals surface area contributed by atoms with Gasteiger partial charge in [0.15, 0.2) is 0 Å². The first-order chi connectivity index (χ1) is 15.5. The number of phenolic OH excluding ortho intramolecular Hbond substituents is 1. The second kappa shape index (κ2) is 9.38. The number of hydrogen-bond acceptors (Lipinski definition) is 5. The average Bonchev–Trinajstić information content (AvgIpc) is 2.75. The minimum Gasteiger partial charge on any atom is -0.507 e. The van der Waals surface area contributed by atoms with Gasteiger partial charge in [0, 0.05) is 19.6 Å². The fourth-order valence-corrected chi connectivity index (χ4v) is 5.06. The molecule has 0 unspecified atom stereocenters. The molecule has 0 atom stereocenters. The topological polar surface area (TPSA) is 20.2 Å². The number of phenols is 1. The Morgan fingerprint density at radius 3 is 1.30 bits per heavy atom. The minimum absolute atomic E-state index is 0.0832. The van der Waals surface area contributed by atoms with Gasteiger partial charge in [0.05, 0.1) is 0 Å². The molecule has 0 aliphatic carbocycles. The van der Waals surface area contributed by atoms with Crippen molar-refractivity contribution in [2.24, 2.45) is 0 Å². The van der Waals surface area contributed by atoms with Crippen LogP contribution in [-0.2, 0) is 5.41 Å². The van der Waals surface area contributed by atoms with Crippen molar-refractivity contribution in [3.63, 3.8) is 0 Å². The summed E-state index contributed by atoms with van der Waals surface area (Å²) in [7, 11) is 0. The van der Waals surface area contributed by atoms with Gasteiger partial charge in [-0.15, -0.1) is 50.5 Å². The Bertz CT molecular complexity index is 1350. The minimum atomic E-state index is 0.0832. The van der Waals surface area contributed by atoms with Crippen molar-refractivity contribution >= 4 is 50.5 Å². The summed E-state index contributed by atoms with van der Waals surface area (Å²) in [5, 5.41) is 9.75. The van der Waals surface area contributed by atoms with Crippen LogP contribution in [0.4, 0.5) is 0 Å². The molecule has 168 valence electrons. The van der Waals surface area contributed by atoms with E-state index in [2.05, 4.69) is 75.9 Å². The van der Waals surface area contributed by atoms with Crippen LogP contribution in [0.1, 0.15) is 26.3 Å². The molecule has 0 spiro atoms. The molecule has 0 aliphatic rings. The van der Waals surface area contributed by atoms with Crippen molar-refractivity contribution in [1.82, 2.24) is 0 Å². The molecule has 0 radical (unpaired) electrons. The molecule has 4 rings (SSSR count). The van der Waals surface area contributed by atoms with Crippen molar-refractivity contribution in [3.05, 3.63) is 78.4 Å². The lowest BCUT2D eigenvalue weighted by Crippen LogP contribution is -2.10. The third-order valence-corrected chi connectivity index (χ3v) is 7.24. The molecule has 0 saturated heterocycles. The molecule has 1 nitrogen and oxygen atoms in total. The quantitative estimate of drug-likeness (QED) is 0.176. The van der Waals surface area contributed by atoms with Crippen LogP contribution in [0.25, 0.3) is 33.4 Å². The van der Waals surface area contributed by atoms with E-state index in [-0.39, 0.29) is 11.2 Å². The van der Waals surface area contributed by atoms with Gasteiger partial charge in [0.25, 0.3) is 0 Å². The Morgan fingerprint density at radius 2 is 0.909 bits per heavy atom. The van der Waals surface area contributed by atoms with E-state index in [9.17, 15) is 5.11 Å². The monoisotopic (exact) mass is 506 g/mol. The van der Waals surface area contributed by atoms with Crippen LogP contribution in [0.5, 0.6) is 5.75 Å². The molecule has 4 aromatic carbocycles. The van der Waals surface area contributed by atoms with Crippen molar-refractivity contribution in [1.29, 1.82) is 0 Å². The number of benzene rings is 4. The summed E-state index contributed by atoms with van der Waals surface area (Å²) in [4.78, 5) is 3.24. The van der Waals surface area contributed by atoms with Gasteiger partial charge in [-0.1, -0.05) is 63.2 Å². The third-order valence-electron chi connectivity index (χ3n) is 5.77. The van der Waals surface area contributed by atoms with E-state index in [0.29, 0.717) is 4.90 Å². The predicted octanol–water partition coefficient (Wildman–Crippen LogP) is 8.85. The molecule has 5 heteroatoms. The first kappa shape index (κ1) is 24.2. The molecule has 0 saturated carbocycles. The van der Waals surface area contributed by atoms with E-state index in [1.807, 2.05) is 24.3 Å². The van der Waals surface area contributed by atoms with Crippen LogP contribution in [0, 0.1) is 0 Å². The molecular weight excluding hydrogens is 481 g/mol. The Balaban J connectivity index is 1.67. The first-order valence-electron chi connectivity index (χ1n) is 10.6. The lowest BCUT2D eigenvalue weighted by molar-refractivity contribution is 0.463. The average molecular weight is 507 g/mol. The van der Waals surface area contributed by atoms with E-state index in [4.69, 9.17) is 37.9 Å². The lowest BCUT2D eigenvalue weighted by Gasteiger charge is -2.20. The smallest absolute Gasteiger partial charge is 0.128 e. The fourth-order valence-electron chi connectivity index (χ4n) is 3.82. The standard InChI is InChI=1S/C28H26OS4/c1-28(2,3)19-7-10-22(26(32)15-19)17-5-8-20(24(30)13-17)16-4-9-21(25(31)12-16)18-6-11-23(29)27(33)14-18/h4-15,29-33H,1-3H3. The SMILES string of the molecule is CC(C)(C)c1ccc(-c2ccc(-c3ccc(-c4ccc(O)c(S)c4)c(S)c3)c(S)c2)c(S)c1. The van der Waals surface area contributed by atoms with Crippen LogP contribution >= 0.6 is 50.5 Å². The molecule has 0 fully saturated rings. The zero-order chi connectivity index (χ0) is 23.9. The highest BCUT2D eigenvalue weighted by Crippen LogP contribution is 2.38. The van der Waals surface area contributed by atoms with Gasteiger partial charge in [-0.3, -0.25) is 0 Å². The van der Waals surface area contributed by atoms with Gasteiger partial charge in [0.1, 0.15) is 5.75 Å². The summed E-state index contributed by atoms with van der Waals surface area (Å²) in [6.07, 6.45) is 0. The lowest BCUT2D eigenvalue weighted by atomic mass is 9.86. The van der Waals surface area contributed by atoms with Gasteiger partial charge < -0.3 is 5.11 Å². The number of rotatable bonds is 3. The van der Waals surface area contributed by atoms with E-state index in [0.717, 1.165) is 48.1 Å². The maximum Gasteiger partial charge on any atom is 0.128 e. The first-order valence-corrected chi connectivity index (χ1v) is 12.4. The molecule has 0 aromatic heterocycles. The van der Waals surface area contributed by atoms with Gasteiger partial charge in [-0.2, -0.15) is 0 Å². The second-order valence-electron chi connectivity index (χ2n) is 9.15. The maximum absolute atomic E-state index is 9.75. The van der Waals surface area contributed by atoms with E-state index >= 15 is 0 Å². The summed E-state index contributed by atoms with van der Waals surface area (Å²) >= 11 is 18.6. The van der Waals surface area contributed by atoms with E-state index in [1.165, 1.54) is 5.56 Å². The molecule has 1 N–H and O–H groups in total. The van der Waals surface area contributed by atoms with E-state index < -0.39 is 0 Å². The van der Waals surface area contributed by atoms with Gasteiger partial charge in [-0.25, -0.2) is 0 Å². The number of thiol groups is 4. The fraction of sp³-hybridized carbons (Fsp3) is 0.143. The Morgan fingerprint density at radius 1 is 0.515 bits per heavy atom. The highest BCUT2D eigenvalue weighted by Gasteiger charge is 2.16. The predicted molar refractivity (Wildman–Crippen MR) is 152 cm³/mol. The molecule has 4 aromatic rings. The molecular formula is C28H26OS4. The number of hydrogen-bond donors (Lipinski definition) is 5.